The summed E-state index contributed by atoms with van der Waals surface area (Å²) in [7, 11) is -4.45. The minimum absolute atomic E-state index is 0.329. The molecule has 0 radical (unpaired) electrons. The molecule has 0 saturated heterocycles. The van der Waals surface area contributed by atoms with Crippen LogP contribution in [0, 0.1) is 0 Å². The molecule has 3 N–H and O–H groups in total. The summed E-state index contributed by atoms with van der Waals surface area (Å²) in [4.78, 5) is 16.7. The van der Waals surface area contributed by atoms with E-state index in [0.717, 1.165) is 0 Å². The highest BCUT2D eigenvalue weighted by atomic mass is 31.2. The van der Waals surface area contributed by atoms with Gasteiger partial charge in [0.05, 0.1) is 12.2 Å². The Balaban J connectivity index is 3.98. The highest BCUT2D eigenvalue weighted by Gasteiger charge is 2.26. The van der Waals surface area contributed by atoms with Crippen molar-refractivity contribution >= 4 is 7.82 Å². The fraction of sp³-hybridized carbons (Fsp3) is 1.00. The lowest BCUT2D eigenvalue weighted by Crippen LogP contribution is -2.32. The average Bonchev–Trinajstić information content (AvgIpc) is 1.99. The standard InChI is InChI=1S/C6H15O5P/c1-3-6(7,4-2)5-11-12(8,9)10/h7H,3-5H2,1-2H3,(H2,8,9,10). The Labute approximate surface area is 71.6 Å². The molecule has 5 nitrogen and oxygen atoms in total. The summed E-state index contributed by atoms with van der Waals surface area (Å²) in [6.45, 7) is 3.13. The maximum atomic E-state index is 10.3. The summed E-state index contributed by atoms with van der Waals surface area (Å²) < 4.78 is 14.5. The van der Waals surface area contributed by atoms with Crippen molar-refractivity contribution in [3.8, 4) is 0 Å². The van der Waals surface area contributed by atoms with Crippen molar-refractivity contribution in [2.24, 2.45) is 0 Å². The summed E-state index contributed by atoms with van der Waals surface area (Å²) in [6, 6.07) is 0. The monoisotopic (exact) mass is 198 g/mol. The Hall–Kier alpha value is 0.0700. The van der Waals surface area contributed by atoms with Gasteiger partial charge in [-0.15, -0.1) is 0 Å². The molecule has 0 amide bonds. The molecule has 0 rings (SSSR count). The fourth-order valence-corrected chi connectivity index (χ4v) is 1.07. The zero-order chi connectivity index (χ0) is 9.83. The number of hydrogen-bond donors (Lipinski definition) is 3. The first-order valence-electron chi connectivity index (χ1n) is 3.75. The van der Waals surface area contributed by atoms with E-state index in [0.29, 0.717) is 12.8 Å². The lowest BCUT2D eigenvalue weighted by atomic mass is 9.99. The predicted molar refractivity (Wildman–Crippen MR) is 43.5 cm³/mol. The van der Waals surface area contributed by atoms with Gasteiger partial charge in [0.15, 0.2) is 0 Å². The SMILES string of the molecule is CCC(O)(CC)COP(=O)(O)O. The van der Waals surface area contributed by atoms with E-state index in [-0.39, 0.29) is 6.61 Å². The van der Waals surface area contributed by atoms with Crippen molar-refractivity contribution in [2.45, 2.75) is 32.3 Å². The maximum absolute atomic E-state index is 10.3. The van der Waals surface area contributed by atoms with E-state index in [1.165, 1.54) is 0 Å². The van der Waals surface area contributed by atoms with Gasteiger partial charge < -0.3 is 14.9 Å². The van der Waals surface area contributed by atoms with Crippen LogP contribution < -0.4 is 0 Å². The van der Waals surface area contributed by atoms with Gasteiger partial charge in [0.25, 0.3) is 0 Å². The third-order valence-electron chi connectivity index (χ3n) is 1.82. The van der Waals surface area contributed by atoms with Gasteiger partial charge in [0.1, 0.15) is 0 Å². The second kappa shape index (κ2) is 4.35. The van der Waals surface area contributed by atoms with E-state index in [9.17, 15) is 9.67 Å². The maximum Gasteiger partial charge on any atom is 0.469 e. The molecule has 6 heteroatoms. The summed E-state index contributed by atoms with van der Waals surface area (Å²) in [5.74, 6) is 0. The van der Waals surface area contributed by atoms with E-state index < -0.39 is 13.4 Å². The number of rotatable bonds is 5. The van der Waals surface area contributed by atoms with E-state index in [4.69, 9.17) is 9.79 Å². The van der Waals surface area contributed by atoms with Crippen LogP contribution in [0.3, 0.4) is 0 Å². The third-order valence-corrected chi connectivity index (χ3v) is 2.28. The number of hydrogen-bond acceptors (Lipinski definition) is 3. The van der Waals surface area contributed by atoms with Crippen LogP contribution >= 0.6 is 7.82 Å². The van der Waals surface area contributed by atoms with Gasteiger partial charge in [0.2, 0.25) is 0 Å². The fourth-order valence-electron chi connectivity index (χ4n) is 0.658. The second-order valence-corrected chi connectivity index (χ2v) is 3.93. The van der Waals surface area contributed by atoms with Crippen LogP contribution in [0.4, 0.5) is 0 Å². The van der Waals surface area contributed by atoms with Gasteiger partial charge in [0, 0.05) is 0 Å². The Bertz CT molecular complexity index is 171. The first-order valence-corrected chi connectivity index (χ1v) is 5.28. The van der Waals surface area contributed by atoms with E-state index >= 15 is 0 Å². The first-order chi connectivity index (χ1) is 5.33. The molecule has 12 heavy (non-hydrogen) atoms. The Kier molecular flexibility index (Phi) is 4.37. The lowest BCUT2D eigenvalue weighted by molar-refractivity contribution is -0.0199. The first kappa shape index (κ1) is 12.1. The van der Waals surface area contributed by atoms with Crippen molar-refractivity contribution < 1.29 is 24.0 Å². The highest BCUT2D eigenvalue weighted by Crippen LogP contribution is 2.37. The quantitative estimate of drug-likeness (QED) is 0.564. The molecule has 0 saturated carbocycles. The van der Waals surface area contributed by atoms with E-state index in [1.807, 2.05) is 0 Å². The van der Waals surface area contributed by atoms with Crippen LogP contribution in [-0.4, -0.2) is 27.1 Å². The minimum atomic E-state index is -4.45. The van der Waals surface area contributed by atoms with Crippen LogP contribution in [0.1, 0.15) is 26.7 Å². The normalized spacial score (nSPS) is 13.4. The molecule has 0 aromatic rings. The topological polar surface area (TPSA) is 87.0 Å². The molecular formula is C6H15O5P. The molecule has 0 unspecified atom stereocenters. The molecule has 0 bridgehead atoms. The Morgan fingerprint density at radius 1 is 1.33 bits per heavy atom. The number of aliphatic hydroxyl groups is 1. The molecule has 0 heterocycles. The van der Waals surface area contributed by atoms with Crippen molar-refractivity contribution in [1.82, 2.24) is 0 Å². The number of phosphoric ester groups is 1. The molecule has 0 aromatic heterocycles. The van der Waals surface area contributed by atoms with Crippen LogP contribution in [0.15, 0.2) is 0 Å². The predicted octanol–water partition coefficient (Wildman–Crippen LogP) is 0.647. The van der Waals surface area contributed by atoms with Crippen molar-refractivity contribution in [1.29, 1.82) is 0 Å². The van der Waals surface area contributed by atoms with Gasteiger partial charge in [-0.1, -0.05) is 13.8 Å². The van der Waals surface area contributed by atoms with Gasteiger partial charge in [-0.05, 0) is 12.8 Å². The molecule has 74 valence electrons. The molecule has 0 aliphatic heterocycles. The minimum Gasteiger partial charge on any atom is -0.387 e. The number of phosphoric acid groups is 1. The molecule has 0 spiro atoms. The Morgan fingerprint density at radius 3 is 2.00 bits per heavy atom. The van der Waals surface area contributed by atoms with Crippen LogP contribution in [0.25, 0.3) is 0 Å². The molecular weight excluding hydrogens is 183 g/mol. The van der Waals surface area contributed by atoms with Gasteiger partial charge in [-0.25, -0.2) is 4.57 Å². The largest absolute Gasteiger partial charge is 0.469 e. The van der Waals surface area contributed by atoms with Crippen LogP contribution in [-0.2, 0) is 9.09 Å². The van der Waals surface area contributed by atoms with Crippen molar-refractivity contribution in [3.63, 3.8) is 0 Å². The summed E-state index contributed by atoms with van der Waals surface area (Å²) in [6.07, 6.45) is 0.812. The van der Waals surface area contributed by atoms with Crippen LogP contribution in [0.5, 0.6) is 0 Å². The molecule has 0 aromatic carbocycles. The lowest BCUT2D eigenvalue weighted by Gasteiger charge is -2.24. The van der Waals surface area contributed by atoms with E-state index in [1.54, 1.807) is 13.8 Å². The zero-order valence-corrected chi connectivity index (χ0v) is 8.12. The van der Waals surface area contributed by atoms with Crippen LogP contribution in [0.2, 0.25) is 0 Å². The molecule has 0 fully saturated rings. The van der Waals surface area contributed by atoms with E-state index in [2.05, 4.69) is 4.52 Å². The molecule has 0 aliphatic rings. The highest BCUT2D eigenvalue weighted by molar-refractivity contribution is 7.46. The molecule has 0 aliphatic carbocycles. The zero-order valence-electron chi connectivity index (χ0n) is 7.23. The average molecular weight is 198 g/mol. The summed E-state index contributed by atoms with van der Waals surface area (Å²) >= 11 is 0. The Morgan fingerprint density at radius 2 is 1.75 bits per heavy atom. The summed E-state index contributed by atoms with van der Waals surface area (Å²) in [5.41, 5.74) is -1.12. The smallest absolute Gasteiger partial charge is 0.387 e. The second-order valence-electron chi connectivity index (χ2n) is 2.70. The molecule has 0 atom stereocenters. The third kappa shape index (κ3) is 4.85. The van der Waals surface area contributed by atoms with Gasteiger partial charge in [-0.3, -0.25) is 4.52 Å². The summed E-state index contributed by atoms with van der Waals surface area (Å²) in [5, 5.41) is 9.52. The van der Waals surface area contributed by atoms with Gasteiger partial charge >= 0.3 is 7.82 Å². The van der Waals surface area contributed by atoms with Crippen molar-refractivity contribution in [3.05, 3.63) is 0 Å². The van der Waals surface area contributed by atoms with Gasteiger partial charge in [-0.2, -0.15) is 0 Å². The van der Waals surface area contributed by atoms with Crippen molar-refractivity contribution in [2.75, 3.05) is 6.61 Å².